The summed E-state index contributed by atoms with van der Waals surface area (Å²) in [6.45, 7) is 8.56. The number of hydrogen-bond donors (Lipinski definition) is 2. The molecule has 0 radical (unpaired) electrons. The number of rotatable bonds is 6. The molecule has 7 heteroatoms. The normalized spacial score (nSPS) is 14.4. The Morgan fingerprint density at radius 3 is 2.25 bits per heavy atom. The molecule has 0 spiro atoms. The van der Waals surface area contributed by atoms with Crippen molar-refractivity contribution in [2.45, 2.75) is 46.0 Å². The highest BCUT2D eigenvalue weighted by molar-refractivity contribution is 5.89. The van der Waals surface area contributed by atoms with Crippen LogP contribution in [0.5, 0.6) is 11.5 Å². The van der Waals surface area contributed by atoms with Gasteiger partial charge in [0.15, 0.2) is 0 Å². The maximum atomic E-state index is 13.6. The van der Waals surface area contributed by atoms with Crippen molar-refractivity contribution in [3.63, 3.8) is 0 Å². The fourth-order valence-corrected chi connectivity index (χ4v) is 4.87. The molecule has 0 amide bonds. The summed E-state index contributed by atoms with van der Waals surface area (Å²) < 4.78 is 52.0. The van der Waals surface area contributed by atoms with Crippen LogP contribution in [-0.2, 0) is 12.7 Å². The van der Waals surface area contributed by atoms with Gasteiger partial charge >= 0.3 is 6.18 Å². The Balaban J connectivity index is 1.92. The number of anilines is 2. The van der Waals surface area contributed by atoms with Gasteiger partial charge in [0.1, 0.15) is 11.5 Å². The third-order valence-electron chi connectivity index (χ3n) is 6.37. The lowest BCUT2D eigenvalue weighted by Crippen LogP contribution is -2.32. The zero-order valence-corrected chi connectivity index (χ0v) is 21.4. The van der Waals surface area contributed by atoms with Gasteiger partial charge in [0.2, 0.25) is 0 Å². The quantitative estimate of drug-likeness (QED) is 0.364. The molecular formula is C29H31F3N2O2. The first kappa shape index (κ1) is 25.5. The lowest BCUT2D eigenvalue weighted by molar-refractivity contribution is -0.137. The molecule has 0 saturated carbocycles. The van der Waals surface area contributed by atoms with E-state index < -0.39 is 11.7 Å². The third kappa shape index (κ3) is 5.01. The van der Waals surface area contributed by atoms with Gasteiger partial charge in [-0.3, -0.25) is 0 Å². The summed E-state index contributed by atoms with van der Waals surface area (Å²) in [5.41, 5.74) is 5.77. The fourth-order valence-electron chi connectivity index (χ4n) is 4.87. The van der Waals surface area contributed by atoms with Crippen molar-refractivity contribution in [2.24, 2.45) is 0 Å². The van der Waals surface area contributed by atoms with Crippen molar-refractivity contribution in [1.82, 2.24) is 0 Å². The second kappa shape index (κ2) is 9.45. The Morgan fingerprint density at radius 2 is 1.58 bits per heavy atom. The first-order valence-corrected chi connectivity index (χ1v) is 11.7. The smallest absolute Gasteiger partial charge is 0.416 e. The minimum Gasteiger partial charge on any atom is -0.496 e. The molecule has 4 rings (SSSR count). The van der Waals surface area contributed by atoms with E-state index in [1.807, 2.05) is 44.2 Å². The fraction of sp³-hybridized carbons (Fsp3) is 0.310. The largest absolute Gasteiger partial charge is 0.496 e. The molecule has 1 heterocycles. The van der Waals surface area contributed by atoms with Crippen molar-refractivity contribution in [1.29, 1.82) is 0 Å². The van der Waals surface area contributed by atoms with Crippen molar-refractivity contribution < 1.29 is 22.6 Å². The number of hydrogen-bond acceptors (Lipinski definition) is 4. The number of nitrogens with one attached hydrogen (secondary N) is 2. The lowest BCUT2D eigenvalue weighted by atomic mass is 9.84. The molecule has 3 aromatic carbocycles. The summed E-state index contributed by atoms with van der Waals surface area (Å²) in [6.07, 6.45) is -2.33. The van der Waals surface area contributed by atoms with Crippen LogP contribution in [0.25, 0.3) is 16.7 Å². The Morgan fingerprint density at radius 1 is 0.889 bits per heavy atom. The molecule has 0 aromatic heterocycles. The number of halogens is 3. The Bertz CT molecular complexity index is 1330. The maximum Gasteiger partial charge on any atom is 0.416 e. The predicted molar refractivity (Wildman–Crippen MR) is 140 cm³/mol. The van der Waals surface area contributed by atoms with E-state index in [2.05, 4.69) is 30.6 Å². The van der Waals surface area contributed by atoms with Gasteiger partial charge in [-0.2, -0.15) is 13.2 Å². The molecule has 4 nitrogen and oxygen atoms in total. The molecule has 1 aliphatic heterocycles. The zero-order valence-electron chi connectivity index (χ0n) is 21.4. The third-order valence-corrected chi connectivity index (χ3v) is 6.37. The van der Waals surface area contributed by atoms with Crippen LogP contribution < -0.4 is 20.1 Å². The molecule has 0 fully saturated rings. The molecule has 0 bridgehead atoms. The number of aryl methyl sites for hydroxylation is 1. The van der Waals surface area contributed by atoms with Crippen LogP contribution in [0.1, 0.15) is 43.0 Å². The van der Waals surface area contributed by atoms with Crippen LogP contribution in [-0.4, -0.2) is 19.8 Å². The molecule has 0 atom stereocenters. The van der Waals surface area contributed by atoms with Gasteiger partial charge in [-0.25, -0.2) is 0 Å². The van der Waals surface area contributed by atoms with Gasteiger partial charge in [0.25, 0.3) is 0 Å². The molecule has 36 heavy (non-hydrogen) atoms. The molecule has 0 aliphatic carbocycles. The van der Waals surface area contributed by atoms with Crippen LogP contribution in [0.15, 0.2) is 54.6 Å². The molecule has 0 saturated heterocycles. The second-order valence-electron chi connectivity index (χ2n) is 9.66. The van der Waals surface area contributed by atoms with Crippen LogP contribution >= 0.6 is 0 Å². The number of methoxy groups -OCH3 is 2. The highest BCUT2D eigenvalue weighted by Crippen LogP contribution is 2.44. The Labute approximate surface area is 210 Å². The number of benzene rings is 3. The average molecular weight is 497 g/mol. The van der Waals surface area contributed by atoms with E-state index in [0.29, 0.717) is 29.2 Å². The van der Waals surface area contributed by atoms with Crippen LogP contribution in [0.3, 0.4) is 0 Å². The highest BCUT2D eigenvalue weighted by atomic mass is 19.4. The minimum absolute atomic E-state index is 0.253. The van der Waals surface area contributed by atoms with E-state index >= 15 is 0 Å². The Kier molecular flexibility index (Phi) is 6.69. The molecule has 1 aliphatic rings. The number of ether oxygens (including phenoxy) is 2. The second-order valence-corrected chi connectivity index (χ2v) is 9.66. The summed E-state index contributed by atoms with van der Waals surface area (Å²) in [5, 5.41) is 7.00. The molecular weight excluding hydrogens is 465 g/mol. The van der Waals surface area contributed by atoms with Gasteiger partial charge in [-0.15, -0.1) is 0 Å². The lowest BCUT2D eigenvalue weighted by Gasteiger charge is -2.33. The van der Waals surface area contributed by atoms with Crippen LogP contribution in [0.2, 0.25) is 0 Å². The van der Waals surface area contributed by atoms with Crippen molar-refractivity contribution in [3.05, 3.63) is 76.9 Å². The highest BCUT2D eigenvalue weighted by Gasteiger charge is 2.32. The predicted octanol–water partition coefficient (Wildman–Crippen LogP) is 7.92. The summed E-state index contributed by atoms with van der Waals surface area (Å²) in [4.78, 5) is 0. The Hall–Kier alpha value is -3.61. The van der Waals surface area contributed by atoms with Crippen LogP contribution in [0.4, 0.5) is 24.5 Å². The van der Waals surface area contributed by atoms with Gasteiger partial charge in [-0.05, 0) is 86.4 Å². The van der Waals surface area contributed by atoms with E-state index in [9.17, 15) is 13.2 Å². The van der Waals surface area contributed by atoms with Gasteiger partial charge in [0, 0.05) is 23.4 Å². The van der Waals surface area contributed by atoms with E-state index in [-0.39, 0.29) is 5.54 Å². The molecule has 190 valence electrons. The van der Waals surface area contributed by atoms with Crippen molar-refractivity contribution in [3.8, 4) is 22.6 Å². The van der Waals surface area contributed by atoms with Gasteiger partial charge < -0.3 is 20.1 Å². The maximum absolute atomic E-state index is 13.6. The van der Waals surface area contributed by atoms with E-state index in [1.54, 1.807) is 7.11 Å². The summed E-state index contributed by atoms with van der Waals surface area (Å²) >= 11 is 0. The minimum atomic E-state index is -4.47. The summed E-state index contributed by atoms with van der Waals surface area (Å²) in [5.74, 6) is 1.07. The first-order valence-electron chi connectivity index (χ1n) is 11.7. The topological polar surface area (TPSA) is 42.5 Å². The number of allylic oxidation sites excluding steroid dienone is 1. The standard InChI is InChI=1S/C29H31F3N2O2/c1-17-7-11-26(36-6)24(13-17)33-16-22-20(9-10-23-27(22)18(2)15-28(3,4)34-23)21-14-19(29(30,31)32)8-12-25(21)35-5/h7-15,33-34H,16H2,1-6H3. The van der Waals surface area contributed by atoms with E-state index in [1.165, 1.54) is 13.2 Å². The summed E-state index contributed by atoms with van der Waals surface area (Å²) in [6, 6.07) is 13.2. The molecule has 3 aromatic rings. The monoisotopic (exact) mass is 496 g/mol. The number of alkyl halides is 3. The molecule has 0 unspecified atom stereocenters. The number of fused-ring (bicyclic) bond motifs is 1. The van der Waals surface area contributed by atoms with Gasteiger partial charge in [0.05, 0.1) is 31.0 Å². The van der Waals surface area contributed by atoms with Gasteiger partial charge in [-0.1, -0.05) is 18.2 Å². The van der Waals surface area contributed by atoms with E-state index in [0.717, 1.165) is 45.8 Å². The average Bonchev–Trinajstić information content (AvgIpc) is 2.80. The van der Waals surface area contributed by atoms with Crippen molar-refractivity contribution >= 4 is 16.9 Å². The van der Waals surface area contributed by atoms with Crippen molar-refractivity contribution in [2.75, 3.05) is 24.9 Å². The van der Waals surface area contributed by atoms with Crippen LogP contribution in [0, 0.1) is 6.92 Å². The molecule has 2 N–H and O–H groups in total. The SMILES string of the molecule is COc1ccc(C)cc1NCc1c(-c2cc(C(F)(F)F)ccc2OC)ccc2c1C(C)=CC(C)(C)N2. The summed E-state index contributed by atoms with van der Waals surface area (Å²) in [7, 11) is 3.08. The first-order chi connectivity index (χ1) is 16.9. The zero-order chi connectivity index (χ0) is 26.3. The van der Waals surface area contributed by atoms with E-state index in [4.69, 9.17) is 9.47 Å².